The molecule has 0 bridgehead atoms. The summed E-state index contributed by atoms with van der Waals surface area (Å²) in [5.74, 6) is -1.18. The lowest BCUT2D eigenvalue weighted by Crippen LogP contribution is -2.25. The van der Waals surface area contributed by atoms with Gasteiger partial charge in [-0.3, -0.25) is 9.59 Å². The monoisotopic (exact) mass is 329 g/mol. The van der Waals surface area contributed by atoms with Gasteiger partial charge in [-0.15, -0.1) is 0 Å². The van der Waals surface area contributed by atoms with E-state index >= 15 is 0 Å². The smallest absolute Gasteiger partial charge is 0.356 e. The average molecular weight is 330 g/mol. The van der Waals surface area contributed by atoms with Crippen LogP contribution < -0.4 is 5.43 Å². The standard InChI is InChI=1S/C12H12BrNO5/c1-3-19-12(18)10-9(13)11(17)8(7(2)16)6-14(10)4-5-15/h5-6H,3-4H2,1-2H3. The molecule has 102 valence electrons. The summed E-state index contributed by atoms with van der Waals surface area (Å²) in [4.78, 5) is 45.7. The fourth-order valence-electron chi connectivity index (χ4n) is 1.51. The van der Waals surface area contributed by atoms with E-state index < -0.39 is 17.2 Å². The topological polar surface area (TPSA) is 82.4 Å². The number of halogens is 1. The molecule has 1 aromatic rings. The number of esters is 1. The van der Waals surface area contributed by atoms with Crippen molar-refractivity contribution in [1.82, 2.24) is 4.57 Å². The van der Waals surface area contributed by atoms with E-state index in [1.807, 2.05) is 0 Å². The van der Waals surface area contributed by atoms with Crippen LogP contribution >= 0.6 is 15.9 Å². The molecule has 0 fully saturated rings. The van der Waals surface area contributed by atoms with Crippen LogP contribution in [0.3, 0.4) is 0 Å². The molecule has 0 aliphatic heterocycles. The summed E-state index contributed by atoms with van der Waals surface area (Å²) in [6.45, 7) is 2.83. The summed E-state index contributed by atoms with van der Waals surface area (Å²) in [6, 6.07) is 0. The Hall–Kier alpha value is -1.76. The van der Waals surface area contributed by atoms with Crippen LogP contribution in [0, 0.1) is 0 Å². The highest BCUT2D eigenvalue weighted by Crippen LogP contribution is 2.15. The first-order valence-electron chi connectivity index (χ1n) is 5.48. The molecular formula is C12H12BrNO5. The van der Waals surface area contributed by atoms with E-state index in [0.29, 0.717) is 6.29 Å². The molecule has 19 heavy (non-hydrogen) atoms. The van der Waals surface area contributed by atoms with Gasteiger partial charge in [0.1, 0.15) is 12.0 Å². The number of carbonyl (C=O) groups is 3. The molecule has 0 saturated carbocycles. The molecular weight excluding hydrogens is 318 g/mol. The summed E-state index contributed by atoms with van der Waals surface area (Å²) >= 11 is 2.99. The summed E-state index contributed by atoms with van der Waals surface area (Å²) in [5.41, 5.74) is -0.775. The lowest BCUT2D eigenvalue weighted by Gasteiger charge is -2.13. The molecule has 0 saturated heterocycles. The lowest BCUT2D eigenvalue weighted by molar-refractivity contribution is -0.108. The Bertz CT molecular complexity index is 591. The molecule has 0 aliphatic rings. The maximum absolute atomic E-state index is 11.9. The van der Waals surface area contributed by atoms with Crippen molar-refractivity contribution in [3.8, 4) is 0 Å². The van der Waals surface area contributed by atoms with E-state index in [1.54, 1.807) is 6.92 Å². The normalized spacial score (nSPS) is 10.1. The van der Waals surface area contributed by atoms with Crippen molar-refractivity contribution in [1.29, 1.82) is 0 Å². The van der Waals surface area contributed by atoms with Crippen molar-refractivity contribution in [2.24, 2.45) is 0 Å². The van der Waals surface area contributed by atoms with Crippen LogP contribution in [0.4, 0.5) is 0 Å². The summed E-state index contributed by atoms with van der Waals surface area (Å²) in [5, 5.41) is 0. The molecule has 1 heterocycles. The second-order valence-electron chi connectivity index (χ2n) is 3.63. The number of ketones is 1. The average Bonchev–Trinajstić information content (AvgIpc) is 2.33. The molecule has 1 rings (SSSR count). The zero-order valence-corrected chi connectivity index (χ0v) is 12.0. The van der Waals surface area contributed by atoms with Gasteiger partial charge in [-0.2, -0.15) is 0 Å². The van der Waals surface area contributed by atoms with Crippen molar-refractivity contribution < 1.29 is 19.1 Å². The summed E-state index contributed by atoms with van der Waals surface area (Å²) < 4.78 is 5.95. The number of pyridine rings is 1. The van der Waals surface area contributed by atoms with Crippen LogP contribution in [-0.2, 0) is 16.1 Å². The maximum Gasteiger partial charge on any atom is 0.356 e. The molecule has 0 aromatic carbocycles. The number of hydrogen-bond acceptors (Lipinski definition) is 5. The van der Waals surface area contributed by atoms with Gasteiger partial charge in [0.2, 0.25) is 5.43 Å². The minimum Gasteiger partial charge on any atom is -0.461 e. The predicted octanol–water partition coefficient (Wildman–Crippen LogP) is 1.19. The minimum absolute atomic E-state index is 0.0797. The van der Waals surface area contributed by atoms with E-state index in [2.05, 4.69) is 15.9 Å². The van der Waals surface area contributed by atoms with Gasteiger partial charge < -0.3 is 14.1 Å². The van der Waals surface area contributed by atoms with Gasteiger partial charge in [-0.05, 0) is 29.8 Å². The quantitative estimate of drug-likeness (QED) is 0.460. The third-order valence-corrected chi connectivity index (χ3v) is 3.08. The Balaban J connectivity index is 3.56. The number of hydrogen-bond donors (Lipinski definition) is 0. The molecule has 0 aliphatic carbocycles. The number of aromatic nitrogens is 1. The van der Waals surface area contributed by atoms with E-state index in [1.165, 1.54) is 17.7 Å². The van der Waals surface area contributed by atoms with Gasteiger partial charge in [0, 0.05) is 6.20 Å². The predicted molar refractivity (Wildman–Crippen MR) is 70.4 cm³/mol. The van der Waals surface area contributed by atoms with Crippen LogP contribution in [0.1, 0.15) is 34.7 Å². The highest BCUT2D eigenvalue weighted by Gasteiger charge is 2.22. The van der Waals surface area contributed by atoms with Gasteiger partial charge in [0.25, 0.3) is 0 Å². The molecule has 7 heteroatoms. The first-order chi connectivity index (χ1) is 8.93. The van der Waals surface area contributed by atoms with E-state index in [4.69, 9.17) is 4.74 Å². The van der Waals surface area contributed by atoms with Gasteiger partial charge >= 0.3 is 5.97 Å². The number of ether oxygens (including phenoxy) is 1. The molecule has 0 atom stereocenters. The van der Waals surface area contributed by atoms with Crippen LogP contribution in [0.5, 0.6) is 0 Å². The van der Waals surface area contributed by atoms with Crippen LogP contribution in [0.2, 0.25) is 0 Å². The Morgan fingerprint density at radius 3 is 2.58 bits per heavy atom. The Kier molecular flexibility index (Phi) is 5.17. The van der Waals surface area contributed by atoms with E-state index in [9.17, 15) is 19.2 Å². The van der Waals surface area contributed by atoms with Gasteiger partial charge in [-0.25, -0.2) is 4.79 Å². The first kappa shape index (κ1) is 15.3. The molecule has 0 amide bonds. The maximum atomic E-state index is 11.9. The SMILES string of the molecule is CCOC(=O)c1c(Br)c(=O)c(C(C)=O)cn1CC=O. The van der Waals surface area contributed by atoms with Crippen molar-refractivity contribution in [2.75, 3.05) is 6.61 Å². The van der Waals surface area contributed by atoms with Gasteiger partial charge in [0.15, 0.2) is 5.78 Å². The zero-order valence-electron chi connectivity index (χ0n) is 10.4. The Labute approximate surface area is 117 Å². The third-order valence-electron chi connectivity index (χ3n) is 2.34. The van der Waals surface area contributed by atoms with Crippen molar-refractivity contribution >= 4 is 34.0 Å². The first-order valence-corrected chi connectivity index (χ1v) is 6.27. The number of carbonyl (C=O) groups excluding carboxylic acids is 3. The van der Waals surface area contributed by atoms with Crippen LogP contribution in [-0.4, -0.2) is 29.2 Å². The molecule has 0 N–H and O–H groups in total. The van der Waals surface area contributed by atoms with Crippen molar-refractivity contribution in [3.63, 3.8) is 0 Å². The summed E-state index contributed by atoms with van der Waals surface area (Å²) in [6.07, 6.45) is 1.75. The molecule has 1 aromatic heterocycles. The van der Waals surface area contributed by atoms with Crippen LogP contribution in [0.25, 0.3) is 0 Å². The minimum atomic E-state index is -0.733. The lowest BCUT2D eigenvalue weighted by atomic mass is 10.1. The number of nitrogens with zero attached hydrogens (tertiary/aromatic N) is 1. The second kappa shape index (κ2) is 6.42. The number of rotatable bonds is 5. The second-order valence-corrected chi connectivity index (χ2v) is 4.42. The van der Waals surface area contributed by atoms with Crippen LogP contribution in [0.15, 0.2) is 15.5 Å². The third kappa shape index (κ3) is 3.17. The Morgan fingerprint density at radius 2 is 2.11 bits per heavy atom. The van der Waals surface area contributed by atoms with Crippen molar-refractivity contribution in [2.45, 2.75) is 20.4 Å². The molecule has 0 unspecified atom stereocenters. The Morgan fingerprint density at radius 1 is 1.47 bits per heavy atom. The highest BCUT2D eigenvalue weighted by molar-refractivity contribution is 9.10. The number of Topliss-reactive ketones (excluding diaryl/α,β-unsaturated/α-hetero) is 1. The largest absolute Gasteiger partial charge is 0.461 e. The van der Waals surface area contributed by atoms with Crippen molar-refractivity contribution in [3.05, 3.63) is 32.2 Å². The summed E-state index contributed by atoms with van der Waals surface area (Å²) in [7, 11) is 0. The van der Waals surface area contributed by atoms with E-state index in [-0.39, 0.29) is 28.9 Å². The fraction of sp³-hybridized carbons (Fsp3) is 0.333. The fourth-order valence-corrected chi connectivity index (χ4v) is 2.12. The molecule has 0 radical (unpaired) electrons. The van der Waals surface area contributed by atoms with Gasteiger partial charge in [-0.1, -0.05) is 0 Å². The van der Waals surface area contributed by atoms with Gasteiger partial charge in [0.05, 0.1) is 23.2 Å². The van der Waals surface area contributed by atoms with E-state index in [0.717, 1.165) is 0 Å². The zero-order chi connectivity index (χ0) is 14.6. The number of aldehydes is 1. The molecule has 0 spiro atoms. The molecule has 6 nitrogen and oxygen atoms in total. The highest BCUT2D eigenvalue weighted by atomic mass is 79.9.